The van der Waals surface area contributed by atoms with Crippen molar-refractivity contribution in [2.24, 2.45) is 0 Å². The molecule has 1 saturated heterocycles. The van der Waals surface area contributed by atoms with Gasteiger partial charge in [0.2, 0.25) is 0 Å². The van der Waals surface area contributed by atoms with E-state index in [2.05, 4.69) is 41.2 Å². The Labute approximate surface area is 267 Å². The molecule has 0 aliphatic carbocycles. The van der Waals surface area contributed by atoms with Crippen molar-refractivity contribution in [2.75, 3.05) is 62.5 Å². The number of ether oxygens (including phenoxy) is 2. The Morgan fingerprint density at radius 3 is 2.38 bits per heavy atom. The largest absolute Gasteiger partial charge is 0.381 e. The number of benzene rings is 3. The number of sulfone groups is 1. The first-order valence-corrected chi connectivity index (χ1v) is 17.6. The summed E-state index contributed by atoms with van der Waals surface area (Å²) in [6, 6.07) is 22.0. The Hall–Kier alpha value is -3.50. The summed E-state index contributed by atoms with van der Waals surface area (Å²) in [5.74, 6) is -0.397. The van der Waals surface area contributed by atoms with Crippen LogP contribution in [0, 0.1) is 0 Å². The smallest absolute Gasteiger partial charge is 0.251 e. The molecule has 3 aromatic rings. The number of likely N-dealkylation sites (N-methyl/N-ethyl adjacent to an activating group) is 1. The van der Waals surface area contributed by atoms with Gasteiger partial charge < -0.3 is 19.7 Å². The lowest BCUT2D eigenvalue weighted by molar-refractivity contribution is -0.112. The highest BCUT2D eigenvalue weighted by Crippen LogP contribution is 2.32. The third kappa shape index (κ3) is 8.41. The van der Waals surface area contributed by atoms with Crippen molar-refractivity contribution in [3.8, 4) is 11.1 Å². The Balaban J connectivity index is 1.30. The van der Waals surface area contributed by atoms with Crippen LogP contribution in [0.5, 0.6) is 0 Å². The minimum atomic E-state index is -3.54. The molecule has 1 amide bonds. The van der Waals surface area contributed by atoms with E-state index in [9.17, 15) is 13.2 Å². The molecule has 2 heterocycles. The number of hydrogen-bond acceptors (Lipinski definition) is 7. The van der Waals surface area contributed by atoms with E-state index in [1.54, 1.807) is 12.1 Å². The van der Waals surface area contributed by atoms with Crippen molar-refractivity contribution in [1.29, 1.82) is 0 Å². The minimum absolute atomic E-state index is 0.112. The first-order chi connectivity index (χ1) is 21.8. The molecule has 2 aliphatic heterocycles. The van der Waals surface area contributed by atoms with Gasteiger partial charge in [-0.15, -0.1) is 0 Å². The lowest BCUT2D eigenvalue weighted by Gasteiger charge is -2.31. The summed E-state index contributed by atoms with van der Waals surface area (Å²) in [6.07, 6.45) is 3.96. The second-order valence-electron chi connectivity index (χ2n) is 11.7. The van der Waals surface area contributed by atoms with E-state index < -0.39 is 9.84 Å². The molecule has 0 radical (unpaired) electrons. The van der Waals surface area contributed by atoms with Crippen LogP contribution in [0.2, 0.25) is 0 Å². The predicted octanol–water partition coefficient (Wildman–Crippen LogP) is 6.03. The first-order valence-electron chi connectivity index (χ1n) is 16.0. The van der Waals surface area contributed by atoms with E-state index in [0.717, 1.165) is 62.5 Å². The number of carbonyl (C=O) groups is 1. The van der Waals surface area contributed by atoms with E-state index in [0.29, 0.717) is 36.1 Å². The van der Waals surface area contributed by atoms with Crippen LogP contribution in [0.15, 0.2) is 77.2 Å². The zero-order valence-electron chi connectivity index (χ0n) is 26.6. The van der Waals surface area contributed by atoms with Gasteiger partial charge in [0.15, 0.2) is 9.84 Å². The summed E-state index contributed by atoms with van der Waals surface area (Å²) in [5, 5.41) is 2.98. The fourth-order valence-electron chi connectivity index (χ4n) is 6.02. The van der Waals surface area contributed by atoms with Crippen molar-refractivity contribution in [1.82, 2.24) is 4.90 Å². The second kappa shape index (κ2) is 15.2. The van der Waals surface area contributed by atoms with Gasteiger partial charge in [0.1, 0.15) is 0 Å². The third-order valence-electron chi connectivity index (χ3n) is 8.72. The van der Waals surface area contributed by atoms with Gasteiger partial charge >= 0.3 is 0 Å². The minimum Gasteiger partial charge on any atom is -0.381 e. The van der Waals surface area contributed by atoms with Crippen molar-refractivity contribution in [3.05, 3.63) is 83.4 Å². The molecule has 8 nitrogen and oxygen atoms in total. The molecule has 0 atom stereocenters. The maximum Gasteiger partial charge on any atom is 0.251 e. The molecule has 0 spiro atoms. The van der Waals surface area contributed by atoms with Gasteiger partial charge in [-0.05, 0) is 105 Å². The Kier molecular flexibility index (Phi) is 11.1. The van der Waals surface area contributed by atoms with Crippen LogP contribution in [0.1, 0.15) is 44.2 Å². The number of amides is 1. The van der Waals surface area contributed by atoms with Gasteiger partial charge in [-0.2, -0.15) is 0 Å². The Morgan fingerprint density at radius 2 is 1.69 bits per heavy atom. The molecule has 0 bridgehead atoms. The molecule has 9 heteroatoms. The summed E-state index contributed by atoms with van der Waals surface area (Å²) in [4.78, 5) is 18.3. The highest BCUT2D eigenvalue weighted by Gasteiger charge is 2.25. The summed E-state index contributed by atoms with van der Waals surface area (Å²) >= 11 is 0. The highest BCUT2D eigenvalue weighted by molar-refractivity contribution is 7.91. The number of nitrogens with zero attached hydrogens (tertiary/aromatic N) is 2. The van der Waals surface area contributed by atoms with Crippen LogP contribution in [0.3, 0.4) is 0 Å². The Bertz CT molecular complexity index is 1580. The normalized spacial score (nSPS) is 16.5. The fourth-order valence-corrected chi connectivity index (χ4v) is 7.48. The lowest BCUT2D eigenvalue weighted by atomic mass is 10.0. The average Bonchev–Trinajstić information content (AvgIpc) is 3.19. The quantitative estimate of drug-likeness (QED) is 0.245. The molecular formula is C36H45N3O5S. The molecule has 0 saturated carbocycles. The number of nitrogens with one attached hydrogen (secondary N) is 1. The summed E-state index contributed by atoms with van der Waals surface area (Å²) < 4.78 is 37.4. The zero-order chi connectivity index (χ0) is 31.8. The number of fused-ring (bicyclic) bond motifs is 1. The lowest BCUT2D eigenvalue weighted by Crippen LogP contribution is -2.36. The zero-order valence-corrected chi connectivity index (χ0v) is 27.4. The van der Waals surface area contributed by atoms with Crippen LogP contribution in [-0.4, -0.2) is 77.6 Å². The van der Waals surface area contributed by atoms with Crippen molar-refractivity contribution < 1.29 is 22.7 Å². The van der Waals surface area contributed by atoms with Crippen molar-refractivity contribution in [2.45, 2.75) is 50.6 Å². The fraction of sp³-hybridized carbons (Fsp3) is 0.417. The van der Waals surface area contributed by atoms with E-state index in [-0.39, 0.29) is 23.0 Å². The van der Waals surface area contributed by atoms with Gasteiger partial charge in [0.25, 0.3) is 5.91 Å². The van der Waals surface area contributed by atoms with Crippen LogP contribution >= 0.6 is 0 Å². The number of hydrogen-bond donors (Lipinski definition) is 1. The molecule has 45 heavy (non-hydrogen) atoms. The van der Waals surface area contributed by atoms with Crippen LogP contribution in [0.25, 0.3) is 17.2 Å². The molecule has 5 rings (SSSR count). The maximum absolute atomic E-state index is 13.4. The van der Waals surface area contributed by atoms with Gasteiger partial charge in [-0.3, -0.25) is 9.69 Å². The number of anilines is 2. The van der Waals surface area contributed by atoms with Crippen LogP contribution < -0.4 is 10.2 Å². The molecule has 3 aromatic carbocycles. The summed E-state index contributed by atoms with van der Waals surface area (Å²) in [5.41, 5.74) is 5.82. The third-order valence-corrected chi connectivity index (χ3v) is 10.5. The van der Waals surface area contributed by atoms with Gasteiger partial charge in [0.05, 0.1) is 17.3 Å². The molecule has 1 N–H and O–H groups in total. The van der Waals surface area contributed by atoms with E-state index in [1.807, 2.05) is 55.5 Å². The molecule has 2 aliphatic rings. The van der Waals surface area contributed by atoms with E-state index in [4.69, 9.17) is 9.47 Å². The molecule has 0 aromatic heterocycles. The number of carbonyl (C=O) groups excluding carboxylic acids is 1. The summed E-state index contributed by atoms with van der Waals surface area (Å²) in [6.45, 7) is 9.62. The topological polar surface area (TPSA) is 88.2 Å². The van der Waals surface area contributed by atoms with E-state index >= 15 is 0 Å². The monoisotopic (exact) mass is 631 g/mol. The van der Waals surface area contributed by atoms with Crippen molar-refractivity contribution >= 4 is 33.2 Å². The summed E-state index contributed by atoms with van der Waals surface area (Å²) in [7, 11) is -1.40. The van der Waals surface area contributed by atoms with Gasteiger partial charge in [-0.1, -0.05) is 30.3 Å². The highest BCUT2D eigenvalue weighted by atomic mass is 32.2. The molecular weight excluding hydrogens is 586 g/mol. The molecule has 240 valence electrons. The van der Waals surface area contributed by atoms with Crippen LogP contribution in [0.4, 0.5) is 11.4 Å². The maximum atomic E-state index is 13.4. The SMILES string of the molecule is CCOCCN(CC)c1ccc(-c2ccc3c(c2)C=C(C(=O)Nc2ccc(CN(C)C4CCOCC4)cc2)CCS3(=O)=O)cc1. The van der Waals surface area contributed by atoms with Crippen LogP contribution in [-0.2, 0) is 30.7 Å². The van der Waals surface area contributed by atoms with Gasteiger partial charge in [0, 0.05) is 62.4 Å². The number of rotatable bonds is 12. The standard InChI is InChI=1S/C36H45N3O5S/c1-4-39(19-22-43-5-2)34-13-8-28(9-14-34)29-10-15-35-31(24-29)25-30(18-23-45(35,41)42)36(40)37-32-11-6-27(7-12-32)26-38(3)33-16-20-44-21-17-33/h6-15,24-25,33H,4-5,16-23,26H2,1-3H3,(H,37,40). The average molecular weight is 632 g/mol. The Morgan fingerprint density at radius 1 is 0.978 bits per heavy atom. The van der Waals surface area contributed by atoms with E-state index in [1.165, 1.54) is 5.56 Å². The second-order valence-corrected chi connectivity index (χ2v) is 13.8. The molecule has 1 fully saturated rings. The molecule has 0 unspecified atom stereocenters. The first kappa shape index (κ1) is 32.9. The van der Waals surface area contributed by atoms with Crippen molar-refractivity contribution in [3.63, 3.8) is 0 Å². The predicted molar refractivity (Wildman–Crippen MR) is 181 cm³/mol. The van der Waals surface area contributed by atoms with Gasteiger partial charge in [-0.25, -0.2) is 8.42 Å².